The fraction of sp³-hybridized carbons (Fsp3) is 0.0370. The number of hydrogen-bond acceptors (Lipinski definition) is 2. The maximum atomic E-state index is 13.1. The summed E-state index contributed by atoms with van der Waals surface area (Å²) in [6, 6.07) is 26.2. The zero-order valence-electron chi connectivity index (χ0n) is 15.9. The Balaban J connectivity index is 1.58. The lowest BCUT2D eigenvalue weighted by Crippen LogP contribution is -2.12. The lowest BCUT2D eigenvalue weighted by molar-refractivity contribution is 0.100. The van der Waals surface area contributed by atoms with Gasteiger partial charge in [-0.1, -0.05) is 109 Å². The minimum Gasteiger partial charge on any atom is -0.289 e. The van der Waals surface area contributed by atoms with Crippen molar-refractivity contribution >= 4 is 17.6 Å². The van der Waals surface area contributed by atoms with Gasteiger partial charge in [-0.2, -0.15) is 0 Å². The third kappa shape index (κ3) is 4.22. The van der Waals surface area contributed by atoms with Gasteiger partial charge in [-0.25, -0.2) is 0 Å². The van der Waals surface area contributed by atoms with Gasteiger partial charge in [-0.05, 0) is 17.6 Å². The molecule has 0 spiro atoms. The van der Waals surface area contributed by atoms with Crippen molar-refractivity contribution in [3.8, 4) is 0 Å². The van der Waals surface area contributed by atoms with Gasteiger partial charge in [0.15, 0.2) is 11.6 Å². The summed E-state index contributed by atoms with van der Waals surface area (Å²) in [4.78, 5) is 26.0. The molecule has 0 aliphatic heterocycles. The van der Waals surface area contributed by atoms with Gasteiger partial charge < -0.3 is 0 Å². The van der Waals surface area contributed by atoms with E-state index >= 15 is 0 Å². The zero-order valence-corrected chi connectivity index (χ0v) is 15.9. The van der Waals surface area contributed by atoms with Crippen molar-refractivity contribution in [3.05, 3.63) is 137 Å². The van der Waals surface area contributed by atoms with E-state index < -0.39 is 0 Å². The molecule has 140 valence electrons. The van der Waals surface area contributed by atoms with Gasteiger partial charge in [0.1, 0.15) is 0 Å². The molecule has 0 atom stereocenters. The first-order valence-electron chi connectivity index (χ1n) is 9.60. The summed E-state index contributed by atoms with van der Waals surface area (Å²) in [6.07, 6.45) is 8.54. The van der Waals surface area contributed by atoms with E-state index in [9.17, 15) is 9.59 Å². The predicted octanol–water partition coefficient (Wildman–Crippen LogP) is 6.07. The average molecular weight is 376 g/mol. The molecular weight excluding hydrogens is 356 g/mol. The number of allylic oxidation sites excluding steroid dienone is 5. The largest absolute Gasteiger partial charge is 0.289 e. The first-order valence-corrected chi connectivity index (χ1v) is 9.60. The number of ketones is 2. The SMILES string of the molecule is O=C(C1=CCC(=Cc2ccccc2)C=C1)c1ccccc1C(=O)c1ccccc1. The van der Waals surface area contributed by atoms with Gasteiger partial charge in [0.25, 0.3) is 0 Å². The van der Waals surface area contributed by atoms with E-state index in [0.717, 1.165) is 11.1 Å². The van der Waals surface area contributed by atoms with E-state index in [4.69, 9.17) is 0 Å². The number of carbonyl (C=O) groups is 2. The van der Waals surface area contributed by atoms with Crippen LogP contribution in [-0.2, 0) is 0 Å². The Morgan fingerprint density at radius 2 is 1.24 bits per heavy atom. The molecule has 3 aromatic carbocycles. The molecule has 0 bridgehead atoms. The molecule has 1 aliphatic rings. The summed E-state index contributed by atoms with van der Waals surface area (Å²) < 4.78 is 0. The van der Waals surface area contributed by atoms with Crippen LogP contribution in [0.1, 0.15) is 38.3 Å². The Labute approximate surface area is 170 Å². The van der Waals surface area contributed by atoms with Crippen molar-refractivity contribution in [1.82, 2.24) is 0 Å². The van der Waals surface area contributed by atoms with E-state index in [-0.39, 0.29) is 11.6 Å². The number of carbonyl (C=O) groups excluding carboxylic acids is 2. The van der Waals surface area contributed by atoms with E-state index in [2.05, 4.69) is 18.2 Å². The zero-order chi connectivity index (χ0) is 20.1. The highest BCUT2D eigenvalue weighted by atomic mass is 16.1. The van der Waals surface area contributed by atoms with Gasteiger partial charge >= 0.3 is 0 Å². The van der Waals surface area contributed by atoms with Gasteiger partial charge in [-0.3, -0.25) is 9.59 Å². The fourth-order valence-corrected chi connectivity index (χ4v) is 3.38. The summed E-state index contributed by atoms with van der Waals surface area (Å²) in [5.41, 5.74) is 4.34. The van der Waals surface area contributed by atoms with Crippen molar-refractivity contribution in [1.29, 1.82) is 0 Å². The average Bonchev–Trinajstić information content (AvgIpc) is 2.80. The molecule has 2 heteroatoms. The van der Waals surface area contributed by atoms with Crippen LogP contribution in [0.3, 0.4) is 0 Å². The highest BCUT2D eigenvalue weighted by Gasteiger charge is 2.20. The van der Waals surface area contributed by atoms with Crippen LogP contribution in [0.25, 0.3) is 6.08 Å². The van der Waals surface area contributed by atoms with Crippen LogP contribution in [0.15, 0.2) is 114 Å². The molecule has 0 unspecified atom stereocenters. The first kappa shape index (κ1) is 18.6. The number of hydrogen-bond donors (Lipinski definition) is 0. The quantitative estimate of drug-likeness (QED) is 0.507. The molecule has 0 saturated carbocycles. The highest BCUT2D eigenvalue weighted by molar-refractivity contribution is 6.20. The van der Waals surface area contributed by atoms with Crippen LogP contribution < -0.4 is 0 Å². The molecule has 0 heterocycles. The van der Waals surface area contributed by atoms with Crippen LogP contribution in [0.5, 0.6) is 0 Å². The summed E-state index contributed by atoms with van der Waals surface area (Å²) in [7, 11) is 0. The second-order valence-corrected chi connectivity index (χ2v) is 6.90. The smallest absolute Gasteiger partial charge is 0.193 e. The molecule has 3 aromatic rings. The molecule has 2 nitrogen and oxygen atoms in total. The molecule has 1 aliphatic carbocycles. The molecule has 0 fully saturated rings. The summed E-state index contributed by atoms with van der Waals surface area (Å²) in [6.45, 7) is 0. The Hall–Kier alpha value is -3.78. The van der Waals surface area contributed by atoms with Crippen LogP contribution in [0.4, 0.5) is 0 Å². The van der Waals surface area contributed by atoms with Crippen LogP contribution >= 0.6 is 0 Å². The second kappa shape index (κ2) is 8.49. The number of benzene rings is 3. The molecular formula is C27H20O2. The van der Waals surface area contributed by atoms with Crippen molar-refractivity contribution in [2.45, 2.75) is 6.42 Å². The van der Waals surface area contributed by atoms with Crippen molar-refractivity contribution < 1.29 is 9.59 Å². The molecule has 29 heavy (non-hydrogen) atoms. The summed E-state index contributed by atoms with van der Waals surface area (Å²) in [5.74, 6) is -0.264. The van der Waals surface area contributed by atoms with Gasteiger partial charge in [0.05, 0.1) is 0 Å². The standard InChI is InChI=1S/C27H20O2/c28-26(22-11-5-2-6-12-22)24-13-7-8-14-25(24)27(29)23-17-15-21(16-18-23)19-20-9-3-1-4-10-20/h1-15,17-19H,16H2. The molecule has 0 amide bonds. The maximum Gasteiger partial charge on any atom is 0.193 e. The predicted molar refractivity (Wildman–Crippen MR) is 117 cm³/mol. The van der Waals surface area contributed by atoms with Crippen LogP contribution in [0, 0.1) is 0 Å². The third-order valence-corrected chi connectivity index (χ3v) is 4.90. The Morgan fingerprint density at radius 3 is 1.86 bits per heavy atom. The fourth-order valence-electron chi connectivity index (χ4n) is 3.38. The van der Waals surface area contributed by atoms with E-state index in [1.165, 1.54) is 0 Å². The lowest BCUT2D eigenvalue weighted by atomic mass is 9.90. The van der Waals surface area contributed by atoms with Gasteiger partial charge in [-0.15, -0.1) is 0 Å². The second-order valence-electron chi connectivity index (χ2n) is 6.90. The summed E-state index contributed by atoms with van der Waals surface area (Å²) >= 11 is 0. The summed E-state index contributed by atoms with van der Waals surface area (Å²) in [5, 5.41) is 0. The van der Waals surface area contributed by atoms with Crippen molar-refractivity contribution in [2.75, 3.05) is 0 Å². The highest BCUT2D eigenvalue weighted by Crippen LogP contribution is 2.24. The van der Waals surface area contributed by atoms with E-state index in [1.807, 2.05) is 54.6 Å². The normalized spacial score (nSPS) is 14.5. The molecule has 4 rings (SSSR count). The van der Waals surface area contributed by atoms with Crippen LogP contribution in [-0.4, -0.2) is 11.6 Å². The maximum absolute atomic E-state index is 13.1. The van der Waals surface area contributed by atoms with Gasteiger partial charge in [0.2, 0.25) is 0 Å². The first-order chi connectivity index (χ1) is 14.2. The van der Waals surface area contributed by atoms with E-state index in [0.29, 0.717) is 28.7 Å². The Morgan fingerprint density at radius 1 is 0.655 bits per heavy atom. The third-order valence-electron chi connectivity index (χ3n) is 4.90. The molecule has 0 aromatic heterocycles. The van der Waals surface area contributed by atoms with Crippen molar-refractivity contribution in [3.63, 3.8) is 0 Å². The molecule has 0 saturated heterocycles. The molecule has 0 N–H and O–H groups in total. The topological polar surface area (TPSA) is 34.1 Å². The van der Waals surface area contributed by atoms with E-state index in [1.54, 1.807) is 36.4 Å². The number of rotatable bonds is 5. The minimum absolute atomic E-state index is 0.125. The number of Topliss-reactive ketones (excluding diaryl/α,β-unsaturated/α-hetero) is 1. The lowest BCUT2D eigenvalue weighted by Gasteiger charge is -2.12. The van der Waals surface area contributed by atoms with Crippen molar-refractivity contribution in [2.24, 2.45) is 0 Å². The van der Waals surface area contributed by atoms with Gasteiger partial charge in [0, 0.05) is 22.3 Å². The molecule has 0 radical (unpaired) electrons. The van der Waals surface area contributed by atoms with Crippen LogP contribution in [0.2, 0.25) is 0 Å². The minimum atomic E-state index is -0.139. The monoisotopic (exact) mass is 376 g/mol. The Bertz CT molecular complexity index is 1130. The Kier molecular flexibility index (Phi) is 5.44.